The summed E-state index contributed by atoms with van der Waals surface area (Å²) in [6, 6.07) is 7.93. The van der Waals surface area contributed by atoms with E-state index in [1.807, 2.05) is 35.7 Å². The van der Waals surface area contributed by atoms with Crippen LogP contribution in [0.3, 0.4) is 0 Å². The molecule has 2 heterocycles. The van der Waals surface area contributed by atoms with Crippen molar-refractivity contribution in [1.29, 1.82) is 0 Å². The van der Waals surface area contributed by atoms with Gasteiger partial charge in [-0.1, -0.05) is 69.7 Å². The third-order valence-electron chi connectivity index (χ3n) is 5.97. The second-order valence-corrected chi connectivity index (χ2v) is 11.5. The number of benzene rings is 1. The Morgan fingerprint density at radius 2 is 1.70 bits per heavy atom. The number of hydrogen-bond donors (Lipinski definition) is 1. The first kappa shape index (κ1) is 24.0. The highest BCUT2D eigenvalue weighted by Gasteiger charge is 2.52. The predicted octanol–water partition coefficient (Wildman–Crippen LogP) is 6.59. The summed E-state index contributed by atoms with van der Waals surface area (Å²) < 4.78 is 11.8. The molecule has 0 aromatic heterocycles. The molecule has 2 saturated heterocycles. The molecule has 2 fully saturated rings. The zero-order valence-electron chi connectivity index (χ0n) is 18.5. The minimum Gasteiger partial charge on any atom is -0.479 e. The van der Waals surface area contributed by atoms with Crippen LogP contribution in [0.2, 0.25) is 0 Å². The summed E-state index contributed by atoms with van der Waals surface area (Å²) in [6.45, 7) is 5.80. The van der Waals surface area contributed by atoms with Gasteiger partial charge in [0, 0.05) is 0 Å². The fraction of sp³-hybridized carbons (Fsp3) is 0.708. The molecular weight excluding hydrogens is 416 g/mol. The van der Waals surface area contributed by atoms with E-state index in [9.17, 15) is 9.90 Å². The molecule has 3 rings (SSSR count). The first-order chi connectivity index (χ1) is 14.4. The molecule has 0 spiro atoms. The molecule has 0 amide bonds. The molecule has 1 aromatic rings. The SMILES string of the molecule is CCCCCCCCC1CSC(c2ccc([C@]3(C(=O)O)COC(C)(C)O3)cc2)SC1. The van der Waals surface area contributed by atoms with E-state index in [4.69, 9.17) is 9.47 Å². The minimum absolute atomic E-state index is 0.0295. The van der Waals surface area contributed by atoms with Crippen LogP contribution in [0.25, 0.3) is 0 Å². The summed E-state index contributed by atoms with van der Waals surface area (Å²) in [5, 5.41) is 9.81. The smallest absolute Gasteiger partial charge is 0.343 e. The lowest BCUT2D eigenvalue weighted by molar-refractivity contribution is -0.187. The Labute approximate surface area is 189 Å². The van der Waals surface area contributed by atoms with Crippen molar-refractivity contribution in [2.45, 2.75) is 81.7 Å². The lowest BCUT2D eigenvalue weighted by atomic mass is 9.94. The monoisotopic (exact) mass is 452 g/mol. The molecular formula is C24H36O4S2. The minimum atomic E-state index is -1.42. The zero-order chi connectivity index (χ0) is 21.6. The van der Waals surface area contributed by atoms with Crippen molar-refractivity contribution in [3.8, 4) is 0 Å². The van der Waals surface area contributed by atoms with Crippen molar-refractivity contribution in [2.75, 3.05) is 18.1 Å². The number of ether oxygens (including phenoxy) is 2. The molecule has 1 N–H and O–H groups in total. The standard InChI is InChI=1S/C24H36O4S2/c1-4-5-6-7-8-9-10-18-15-29-21(30-16-18)19-11-13-20(14-12-19)24(22(25)26)17-27-23(2,3)28-24/h11-14,18,21H,4-10,15-17H2,1-3H3,(H,25,26)/t18?,21?,24-/m0/s1. The van der Waals surface area contributed by atoms with Crippen molar-refractivity contribution in [1.82, 2.24) is 0 Å². The fourth-order valence-electron chi connectivity index (χ4n) is 4.15. The van der Waals surface area contributed by atoms with Crippen molar-refractivity contribution in [3.63, 3.8) is 0 Å². The average Bonchev–Trinajstić information content (AvgIpc) is 3.08. The van der Waals surface area contributed by atoms with E-state index in [1.54, 1.807) is 13.8 Å². The van der Waals surface area contributed by atoms with Gasteiger partial charge in [0.2, 0.25) is 5.60 Å². The Morgan fingerprint density at radius 1 is 1.07 bits per heavy atom. The van der Waals surface area contributed by atoms with Crippen molar-refractivity contribution < 1.29 is 19.4 Å². The largest absolute Gasteiger partial charge is 0.479 e. The summed E-state index contributed by atoms with van der Waals surface area (Å²) in [5.74, 6) is 1.37. The summed E-state index contributed by atoms with van der Waals surface area (Å²) in [4.78, 5) is 12.0. The number of carboxylic acid groups (broad SMARTS) is 1. The summed E-state index contributed by atoms with van der Waals surface area (Å²) in [7, 11) is 0. The van der Waals surface area contributed by atoms with Crippen LogP contribution in [0.5, 0.6) is 0 Å². The molecule has 6 heteroatoms. The molecule has 4 nitrogen and oxygen atoms in total. The molecule has 0 saturated carbocycles. The van der Waals surface area contributed by atoms with Gasteiger partial charge in [0.1, 0.15) is 0 Å². The number of thioether (sulfide) groups is 2. The second kappa shape index (κ2) is 10.8. The molecule has 0 bridgehead atoms. The lowest BCUT2D eigenvalue weighted by Gasteiger charge is -2.29. The van der Waals surface area contributed by atoms with Crippen LogP contribution in [0.1, 0.15) is 81.4 Å². The van der Waals surface area contributed by atoms with Crippen molar-refractivity contribution in [2.24, 2.45) is 5.92 Å². The Bertz CT molecular complexity index is 683. The maximum atomic E-state index is 12.0. The Kier molecular flexibility index (Phi) is 8.59. The lowest BCUT2D eigenvalue weighted by Crippen LogP contribution is -2.39. The van der Waals surface area contributed by atoms with Gasteiger partial charge in [-0.05, 0) is 48.8 Å². The fourth-order valence-corrected chi connectivity index (χ4v) is 7.32. The molecule has 30 heavy (non-hydrogen) atoms. The van der Waals surface area contributed by atoms with Gasteiger partial charge in [-0.2, -0.15) is 0 Å². The number of carboxylic acids is 1. The third-order valence-corrected chi connectivity index (χ3v) is 9.26. The summed E-state index contributed by atoms with van der Waals surface area (Å²) >= 11 is 4.06. The van der Waals surface area contributed by atoms with Gasteiger partial charge in [0.05, 0.1) is 11.2 Å². The topological polar surface area (TPSA) is 55.8 Å². The van der Waals surface area contributed by atoms with Gasteiger partial charge >= 0.3 is 5.97 Å². The van der Waals surface area contributed by atoms with Crippen LogP contribution in [0.15, 0.2) is 24.3 Å². The molecule has 168 valence electrons. The average molecular weight is 453 g/mol. The Hall–Kier alpha value is -0.690. The highest BCUT2D eigenvalue weighted by Crippen LogP contribution is 2.47. The van der Waals surface area contributed by atoms with Gasteiger partial charge in [0.25, 0.3) is 0 Å². The number of aliphatic carboxylic acids is 1. The Morgan fingerprint density at radius 3 is 2.27 bits per heavy atom. The van der Waals surface area contributed by atoms with Gasteiger partial charge in [0.15, 0.2) is 5.79 Å². The van der Waals surface area contributed by atoms with E-state index in [-0.39, 0.29) is 6.61 Å². The van der Waals surface area contributed by atoms with Crippen LogP contribution >= 0.6 is 23.5 Å². The number of carbonyl (C=O) groups is 1. The third kappa shape index (κ3) is 5.96. The Balaban J connectivity index is 1.50. The normalized spacial score (nSPS) is 28.5. The molecule has 0 aliphatic carbocycles. The molecule has 2 aliphatic heterocycles. The zero-order valence-corrected chi connectivity index (χ0v) is 20.2. The first-order valence-corrected chi connectivity index (χ1v) is 13.4. The van der Waals surface area contributed by atoms with Gasteiger partial charge in [-0.15, -0.1) is 23.5 Å². The molecule has 1 atom stereocenters. The summed E-state index contributed by atoms with van der Waals surface area (Å²) in [6.07, 6.45) is 9.57. The van der Waals surface area contributed by atoms with Crippen LogP contribution < -0.4 is 0 Å². The van der Waals surface area contributed by atoms with Crippen LogP contribution in [-0.4, -0.2) is 35.0 Å². The van der Waals surface area contributed by atoms with Crippen LogP contribution in [-0.2, 0) is 19.9 Å². The van der Waals surface area contributed by atoms with Gasteiger partial charge in [-0.25, -0.2) is 4.79 Å². The van der Waals surface area contributed by atoms with Gasteiger partial charge in [-0.3, -0.25) is 0 Å². The summed E-state index contributed by atoms with van der Waals surface area (Å²) in [5.41, 5.74) is 0.485. The van der Waals surface area contributed by atoms with E-state index in [1.165, 1.54) is 62.0 Å². The maximum absolute atomic E-state index is 12.0. The van der Waals surface area contributed by atoms with Crippen molar-refractivity contribution >= 4 is 29.5 Å². The van der Waals surface area contributed by atoms with E-state index in [0.717, 1.165) is 5.92 Å². The number of unbranched alkanes of at least 4 members (excludes halogenated alkanes) is 5. The van der Waals surface area contributed by atoms with E-state index < -0.39 is 17.4 Å². The quantitative estimate of drug-likeness (QED) is 0.404. The number of rotatable bonds is 10. The predicted molar refractivity (Wildman–Crippen MR) is 126 cm³/mol. The second-order valence-electron chi connectivity index (χ2n) is 8.97. The van der Waals surface area contributed by atoms with E-state index >= 15 is 0 Å². The molecule has 0 unspecified atom stereocenters. The highest BCUT2D eigenvalue weighted by atomic mass is 32.2. The van der Waals surface area contributed by atoms with E-state index in [0.29, 0.717) is 10.1 Å². The van der Waals surface area contributed by atoms with Crippen LogP contribution in [0.4, 0.5) is 0 Å². The molecule has 0 radical (unpaired) electrons. The first-order valence-electron chi connectivity index (χ1n) is 11.3. The maximum Gasteiger partial charge on any atom is 0.343 e. The van der Waals surface area contributed by atoms with Gasteiger partial charge < -0.3 is 14.6 Å². The molecule has 1 aromatic carbocycles. The number of hydrogen-bond acceptors (Lipinski definition) is 5. The van der Waals surface area contributed by atoms with Crippen molar-refractivity contribution in [3.05, 3.63) is 35.4 Å². The molecule has 2 aliphatic rings. The van der Waals surface area contributed by atoms with Crippen LogP contribution in [0, 0.1) is 5.92 Å². The van der Waals surface area contributed by atoms with E-state index in [2.05, 4.69) is 19.1 Å². The highest BCUT2D eigenvalue weighted by molar-refractivity contribution is 8.16.